The van der Waals surface area contributed by atoms with Crippen LogP contribution >= 0.6 is 0 Å². The highest BCUT2D eigenvalue weighted by atomic mass is 16.5. The molecule has 2 amide bonds. The van der Waals surface area contributed by atoms with Crippen LogP contribution in [0.25, 0.3) is 0 Å². The number of amides is 2. The van der Waals surface area contributed by atoms with Crippen LogP contribution in [0.3, 0.4) is 0 Å². The first-order valence-corrected chi connectivity index (χ1v) is 8.21. The molecule has 126 valence electrons. The molecule has 1 saturated heterocycles. The molecule has 0 aromatic heterocycles. The summed E-state index contributed by atoms with van der Waals surface area (Å²) in [5, 5.41) is 3.02. The van der Waals surface area contributed by atoms with Gasteiger partial charge in [0.15, 0.2) is 0 Å². The maximum absolute atomic E-state index is 12.4. The minimum atomic E-state index is -0.267. The minimum Gasteiger partial charge on any atom is -0.383 e. The average Bonchev–Trinajstić information content (AvgIpc) is 2.94. The maximum Gasteiger partial charge on any atom is 0.225 e. The van der Waals surface area contributed by atoms with Gasteiger partial charge in [-0.15, -0.1) is 0 Å². The molecule has 1 fully saturated rings. The molecule has 0 aliphatic carbocycles. The van der Waals surface area contributed by atoms with Crippen molar-refractivity contribution in [1.29, 1.82) is 0 Å². The Labute approximate surface area is 138 Å². The van der Waals surface area contributed by atoms with E-state index in [1.54, 1.807) is 12.0 Å². The molecule has 1 heterocycles. The Balaban J connectivity index is 1.89. The van der Waals surface area contributed by atoms with Gasteiger partial charge in [-0.2, -0.15) is 0 Å². The van der Waals surface area contributed by atoms with Gasteiger partial charge in [-0.1, -0.05) is 31.2 Å². The second kappa shape index (κ2) is 8.11. The lowest BCUT2D eigenvalue weighted by Gasteiger charge is -2.18. The maximum atomic E-state index is 12.4. The predicted molar refractivity (Wildman–Crippen MR) is 88.9 cm³/mol. The molecule has 2 rings (SSSR count). The largest absolute Gasteiger partial charge is 0.383 e. The summed E-state index contributed by atoms with van der Waals surface area (Å²) in [6.45, 7) is 5.62. The fourth-order valence-electron chi connectivity index (χ4n) is 2.82. The molecule has 5 heteroatoms. The van der Waals surface area contributed by atoms with Crippen LogP contribution in [0.2, 0.25) is 0 Å². The van der Waals surface area contributed by atoms with E-state index in [9.17, 15) is 9.59 Å². The van der Waals surface area contributed by atoms with Crippen molar-refractivity contribution in [2.75, 3.05) is 26.8 Å². The van der Waals surface area contributed by atoms with Crippen LogP contribution in [0.4, 0.5) is 0 Å². The van der Waals surface area contributed by atoms with Gasteiger partial charge in [0.1, 0.15) is 0 Å². The Morgan fingerprint density at radius 3 is 2.70 bits per heavy atom. The molecule has 1 aromatic carbocycles. The van der Waals surface area contributed by atoms with Crippen molar-refractivity contribution in [2.45, 2.75) is 32.7 Å². The number of carbonyl (C=O) groups is 2. The lowest BCUT2D eigenvalue weighted by atomic mass is 10.0. The molecule has 2 unspecified atom stereocenters. The number of methoxy groups -OCH3 is 1. The fourth-order valence-corrected chi connectivity index (χ4v) is 2.82. The number of carbonyl (C=O) groups excluding carboxylic acids is 2. The van der Waals surface area contributed by atoms with Crippen molar-refractivity contribution in [3.63, 3.8) is 0 Å². The summed E-state index contributed by atoms with van der Waals surface area (Å²) in [6, 6.07) is 8.22. The first kappa shape index (κ1) is 17.5. The van der Waals surface area contributed by atoms with Gasteiger partial charge in [0, 0.05) is 26.6 Å². The molecule has 1 aromatic rings. The Morgan fingerprint density at radius 2 is 2.09 bits per heavy atom. The third kappa shape index (κ3) is 4.55. The normalized spacial score (nSPS) is 19.0. The number of hydrogen-bond donors (Lipinski definition) is 1. The average molecular weight is 318 g/mol. The first-order valence-electron chi connectivity index (χ1n) is 8.21. The Bertz CT molecular complexity index is 542. The number of rotatable bonds is 7. The lowest BCUT2D eigenvalue weighted by Crippen LogP contribution is -2.35. The van der Waals surface area contributed by atoms with E-state index < -0.39 is 0 Å². The second-order valence-corrected chi connectivity index (χ2v) is 6.06. The van der Waals surface area contributed by atoms with E-state index in [0.717, 1.165) is 12.0 Å². The van der Waals surface area contributed by atoms with Gasteiger partial charge < -0.3 is 15.0 Å². The zero-order chi connectivity index (χ0) is 16.8. The van der Waals surface area contributed by atoms with Crippen LogP contribution in [0.15, 0.2) is 24.3 Å². The fraction of sp³-hybridized carbons (Fsp3) is 0.556. The summed E-state index contributed by atoms with van der Waals surface area (Å²) < 4.78 is 4.99. The van der Waals surface area contributed by atoms with Gasteiger partial charge >= 0.3 is 0 Å². The summed E-state index contributed by atoms with van der Waals surface area (Å²) in [5.41, 5.74) is 2.36. The van der Waals surface area contributed by atoms with Crippen LogP contribution in [0.1, 0.15) is 37.4 Å². The second-order valence-electron chi connectivity index (χ2n) is 6.06. The molecule has 0 radical (unpaired) electrons. The third-order valence-corrected chi connectivity index (χ3v) is 4.40. The van der Waals surface area contributed by atoms with E-state index in [-0.39, 0.29) is 30.2 Å². The third-order valence-electron chi connectivity index (χ3n) is 4.40. The van der Waals surface area contributed by atoms with Gasteiger partial charge in [0.25, 0.3) is 0 Å². The van der Waals surface area contributed by atoms with Crippen molar-refractivity contribution in [3.8, 4) is 0 Å². The summed E-state index contributed by atoms with van der Waals surface area (Å²) in [7, 11) is 1.61. The number of aryl methyl sites for hydroxylation is 1. The van der Waals surface area contributed by atoms with E-state index in [4.69, 9.17) is 4.74 Å². The van der Waals surface area contributed by atoms with Crippen molar-refractivity contribution in [1.82, 2.24) is 10.2 Å². The quantitative estimate of drug-likeness (QED) is 0.835. The summed E-state index contributed by atoms with van der Waals surface area (Å²) >= 11 is 0. The summed E-state index contributed by atoms with van der Waals surface area (Å²) in [4.78, 5) is 26.0. The zero-order valence-electron chi connectivity index (χ0n) is 14.2. The molecule has 5 nitrogen and oxygen atoms in total. The standard InChI is InChI=1S/C18H26N2O3/c1-4-14-5-7-15(8-6-14)13(2)19-18(22)16-11-17(21)20(12-16)9-10-23-3/h5-8,13,16H,4,9-12H2,1-3H3,(H,19,22). The molecule has 0 bridgehead atoms. The summed E-state index contributed by atoms with van der Waals surface area (Å²) in [5.74, 6) is -0.288. The number of ether oxygens (including phenoxy) is 1. The van der Waals surface area contributed by atoms with Gasteiger partial charge in [-0.25, -0.2) is 0 Å². The van der Waals surface area contributed by atoms with Gasteiger partial charge in [-0.05, 0) is 24.5 Å². The van der Waals surface area contributed by atoms with Crippen molar-refractivity contribution in [2.24, 2.45) is 5.92 Å². The van der Waals surface area contributed by atoms with Gasteiger partial charge in [0.05, 0.1) is 18.6 Å². The van der Waals surface area contributed by atoms with Gasteiger partial charge in [0.2, 0.25) is 11.8 Å². The molecule has 23 heavy (non-hydrogen) atoms. The number of hydrogen-bond acceptors (Lipinski definition) is 3. The van der Waals surface area contributed by atoms with E-state index in [2.05, 4.69) is 36.5 Å². The first-order chi connectivity index (χ1) is 11.0. The molecule has 2 atom stereocenters. The highest BCUT2D eigenvalue weighted by Crippen LogP contribution is 2.20. The van der Waals surface area contributed by atoms with Crippen molar-refractivity contribution < 1.29 is 14.3 Å². The minimum absolute atomic E-state index is 0.0298. The lowest BCUT2D eigenvalue weighted by molar-refractivity contribution is -0.129. The van der Waals surface area contributed by atoms with Crippen molar-refractivity contribution in [3.05, 3.63) is 35.4 Å². The molecular formula is C18H26N2O3. The highest BCUT2D eigenvalue weighted by Gasteiger charge is 2.34. The molecule has 0 spiro atoms. The molecule has 1 aliphatic heterocycles. The number of benzene rings is 1. The SMILES string of the molecule is CCc1ccc(C(C)NC(=O)C2CC(=O)N(CCOC)C2)cc1. The molecule has 1 N–H and O–H groups in total. The van der Waals surface area contributed by atoms with E-state index in [0.29, 0.717) is 19.7 Å². The predicted octanol–water partition coefficient (Wildman–Crippen LogP) is 1.92. The smallest absolute Gasteiger partial charge is 0.225 e. The summed E-state index contributed by atoms with van der Waals surface area (Å²) in [6.07, 6.45) is 1.29. The van der Waals surface area contributed by atoms with Crippen LogP contribution < -0.4 is 5.32 Å². The van der Waals surface area contributed by atoms with E-state index in [1.807, 2.05) is 6.92 Å². The number of nitrogens with one attached hydrogen (secondary N) is 1. The topological polar surface area (TPSA) is 58.6 Å². The van der Waals surface area contributed by atoms with Crippen LogP contribution in [-0.2, 0) is 20.7 Å². The Kier molecular flexibility index (Phi) is 6.16. The zero-order valence-corrected chi connectivity index (χ0v) is 14.2. The van der Waals surface area contributed by atoms with Crippen LogP contribution in [0, 0.1) is 5.92 Å². The molecule has 0 saturated carbocycles. The van der Waals surface area contributed by atoms with Crippen LogP contribution in [-0.4, -0.2) is 43.5 Å². The van der Waals surface area contributed by atoms with Crippen molar-refractivity contribution >= 4 is 11.8 Å². The van der Waals surface area contributed by atoms with E-state index >= 15 is 0 Å². The molecular weight excluding hydrogens is 292 g/mol. The highest BCUT2D eigenvalue weighted by molar-refractivity contribution is 5.89. The Hall–Kier alpha value is -1.88. The number of nitrogens with zero attached hydrogens (tertiary/aromatic N) is 1. The Morgan fingerprint density at radius 1 is 1.39 bits per heavy atom. The monoisotopic (exact) mass is 318 g/mol. The van der Waals surface area contributed by atoms with Crippen LogP contribution in [0.5, 0.6) is 0 Å². The van der Waals surface area contributed by atoms with E-state index in [1.165, 1.54) is 5.56 Å². The van der Waals surface area contributed by atoms with Gasteiger partial charge in [-0.3, -0.25) is 9.59 Å². The number of likely N-dealkylation sites (tertiary alicyclic amines) is 1. The molecule has 1 aliphatic rings.